The van der Waals surface area contributed by atoms with Crippen LogP contribution in [0.5, 0.6) is 0 Å². The third-order valence-corrected chi connectivity index (χ3v) is 6.34. The minimum absolute atomic E-state index is 0.0559. The van der Waals surface area contributed by atoms with Crippen molar-refractivity contribution < 1.29 is 14.0 Å². The van der Waals surface area contributed by atoms with Gasteiger partial charge < -0.3 is 4.90 Å². The standard InChI is InChI=1S/C24H24FN3O2S/c1-3-6-22(29)27(2)24-26-20(15-31-24)16-10-11-21-17(13-16)8-5-12-28(21)23(30)18-7-4-9-19(25)14-18/h4,7,9-11,13-15H,3,5-6,8,12H2,1-2H3. The van der Waals surface area contributed by atoms with Crippen LogP contribution >= 0.6 is 11.3 Å². The SMILES string of the molecule is CCCC(=O)N(C)c1nc(-c2ccc3c(c2)CCCN3C(=O)c2cccc(F)c2)cs1. The van der Waals surface area contributed by atoms with Gasteiger partial charge in [-0.15, -0.1) is 11.3 Å². The number of carbonyl (C=O) groups excluding carboxylic acids is 2. The molecule has 2 amide bonds. The molecule has 0 saturated carbocycles. The van der Waals surface area contributed by atoms with Crippen LogP contribution in [0.2, 0.25) is 0 Å². The van der Waals surface area contributed by atoms with Crippen molar-refractivity contribution in [3.8, 4) is 11.3 Å². The van der Waals surface area contributed by atoms with Crippen molar-refractivity contribution in [1.82, 2.24) is 4.98 Å². The molecule has 31 heavy (non-hydrogen) atoms. The van der Waals surface area contributed by atoms with Crippen LogP contribution < -0.4 is 9.80 Å². The Hall–Kier alpha value is -3.06. The molecule has 3 aromatic rings. The van der Waals surface area contributed by atoms with Crippen molar-refractivity contribution in [2.75, 3.05) is 23.4 Å². The molecular weight excluding hydrogens is 413 g/mol. The fourth-order valence-corrected chi connectivity index (χ4v) is 4.60. The molecule has 7 heteroatoms. The molecule has 1 aliphatic heterocycles. The van der Waals surface area contributed by atoms with Gasteiger partial charge in [-0.3, -0.25) is 14.5 Å². The Balaban J connectivity index is 1.59. The van der Waals surface area contributed by atoms with E-state index in [1.807, 2.05) is 24.4 Å². The number of anilines is 2. The molecule has 0 radical (unpaired) electrons. The first-order valence-electron chi connectivity index (χ1n) is 10.4. The number of carbonyl (C=O) groups is 2. The third-order valence-electron chi connectivity index (χ3n) is 5.43. The Bertz CT molecular complexity index is 1130. The second-order valence-electron chi connectivity index (χ2n) is 7.63. The molecule has 0 aliphatic carbocycles. The van der Waals surface area contributed by atoms with Gasteiger partial charge in [0, 0.05) is 42.2 Å². The number of thiazole rings is 1. The summed E-state index contributed by atoms with van der Waals surface area (Å²) in [6, 6.07) is 11.8. The summed E-state index contributed by atoms with van der Waals surface area (Å²) in [6.07, 6.45) is 3.01. The van der Waals surface area contributed by atoms with Gasteiger partial charge in [0.2, 0.25) is 5.91 Å². The van der Waals surface area contributed by atoms with Gasteiger partial charge in [-0.05, 0) is 55.2 Å². The van der Waals surface area contributed by atoms with Crippen LogP contribution in [-0.2, 0) is 11.2 Å². The summed E-state index contributed by atoms with van der Waals surface area (Å²) in [4.78, 5) is 33.1. The van der Waals surface area contributed by atoms with Gasteiger partial charge in [-0.1, -0.05) is 19.1 Å². The highest BCUT2D eigenvalue weighted by molar-refractivity contribution is 7.14. The van der Waals surface area contributed by atoms with Crippen LogP contribution in [0.3, 0.4) is 0 Å². The van der Waals surface area contributed by atoms with Gasteiger partial charge in [0.15, 0.2) is 5.13 Å². The second kappa shape index (κ2) is 8.98. The molecule has 1 aliphatic rings. The van der Waals surface area contributed by atoms with E-state index in [0.29, 0.717) is 23.7 Å². The summed E-state index contributed by atoms with van der Waals surface area (Å²) in [6.45, 7) is 2.58. The number of aromatic nitrogens is 1. The fourth-order valence-electron chi connectivity index (χ4n) is 3.78. The molecule has 0 fully saturated rings. The normalized spacial score (nSPS) is 13.1. The first kappa shape index (κ1) is 21.2. The molecule has 0 spiro atoms. The van der Waals surface area contributed by atoms with Crippen molar-refractivity contribution in [1.29, 1.82) is 0 Å². The monoisotopic (exact) mass is 437 g/mol. The second-order valence-corrected chi connectivity index (χ2v) is 8.47. The number of nitrogens with zero attached hydrogens (tertiary/aromatic N) is 3. The molecule has 2 heterocycles. The van der Waals surface area contributed by atoms with Gasteiger partial charge in [-0.2, -0.15) is 0 Å². The van der Waals surface area contributed by atoms with Crippen LogP contribution in [0.25, 0.3) is 11.3 Å². The summed E-state index contributed by atoms with van der Waals surface area (Å²) >= 11 is 1.44. The van der Waals surface area contributed by atoms with E-state index in [0.717, 1.165) is 41.8 Å². The van der Waals surface area contributed by atoms with Gasteiger partial charge in [0.25, 0.3) is 5.91 Å². The zero-order valence-electron chi connectivity index (χ0n) is 17.6. The number of amides is 2. The van der Waals surface area contributed by atoms with Gasteiger partial charge in [0.05, 0.1) is 5.69 Å². The smallest absolute Gasteiger partial charge is 0.258 e. The lowest BCUT2D eigenvalue weighted by Crippen LogP contribution is -2.35. The van der Waals surface area contributed by atoms with E-state index in [-0.39, 0.29) is 11.8 Å². The Morgan fingerprint density at radius 3 is 2.84 bits per heavy atom. The van der Waals surface area contributed by atoms with Crippen molar-refractivity contribution in [3.63, 3.8) is 0 Å². The molecule has 5 nitrogen and oxygen atoms in total. The minimum Gasteiger partial charge on any atom is -0.308 e. The predicted octanol–water partition coefficient (Wildman–Crippen LogP) is 5.31. The number of halogens is 1. The van der Waals surface area contributed by atoms with E-state index < -0.39 is 5.82 Å². The van der Waals surface area contributed by atoms with Crippen LogP contribution in [0.15, 0.2) is 47.8 Å². The van der Waals surface area contributed by atoms with Gasteiger partial charge >= 0.3 is 0 Å². The number of rotatable bonds is 5. The summed E-state index contributed by atoms with van der Waals surface area (Å²) in [7, 11) is 1.75. The van der Waals surface area contributed by atoms with Crippen molar-refractivity contribution in [3.05, 3.63) is 64.8 Å². The average molecular weight is 438 g/mol. The molecule has 0 bridgehead atoms. The molecule has 4 rings (SSSR count). The highest BCUT2D eigenvalue weighted by Gasteiger charge is 2.24. The van der Waals surface area contributed by atoms with Crippen molar-refractivity contribution in [2.45, 2.75) is 32.6 Å². The maximum Gasteiger partial charge on any atom is 0.258 e. The lowest BCUT2D eigenvalue weighted by atomic mass is 9.97. The molecule has 0 N–H and O–H groups in total. The summed E-state index contributed by atoms with van der Waals surface area (Å²) < 4.78 is 13.6. The van der Waals surface area contributed by atoms with Crippen molar-refractivity contribution >= 4 is 34.0 Å². The first-order valence-corrected chi connectivity index (χ1v) is 11.3. The molecule has 0 saturated heterocycles. The Morgan fingerprint density at radius 2 is 2.06 bits per heavy atom. The highest BCUT2D eigenvalue weighted by atomic mass is 32.1. The molecule has 1 aromatic heterocycles. The minimum atomic E-state index is -0.417. The number of benzene rings is 2. The summed E-state index contributed by atoms with van der Waals surface area (Å²) in [5.41, 5.74) is 4.04. The number of hydrogen-bond donors (Lipinski definition) is 0. The molecule has 160 valence electrons. The van der Waals surface area contributed by atoms with Crippen LogP contribution in [0.4, 0.5) is 15.2 Å². The summed E-state index contributed by atoms with van der Waals surface area (Å²) in [5, 5.41) is 2.62. The maximum absolute atomic E-state index is 13.6. The Labute approximate surface area is 185 Å². The van der Waals surface area contributed by atoms with E-state index in [1.54, 1.807) is 29.0 Å². The van der Waals surface area contributed by atoms with Crippen molar-refractivity contribution in [2.24, 2.45) is 0 Å². The van der Waals surface area contributed by atoms with Gasteiger partial charge in [0.1, 0.15) is 5.82 Å². The zero-order chi connectivity index (χ0) is 22.0. The lowest BCUT2D eigenvalue weighted by Gasteiger charge is -2.30. The summed E-state index contributed by atoms with van der Waals surface area (Å²) in [5.74, 6) is -0.555. The maximum atomic E-state index is 13.6. The molecule has 0 unspecified atom stereocenters. The van der Waals surface area contributed by atoms with E-state index in [9.17, 15) is 14.0 Å². The van der Waals surface area contributed by atoms with Gasteiger partial charge in [-0.25, -0.2) is 9.37 Å². The Morgan fingerprint density at radius 1 is 1.23 bits per heavy atom. The lowest BCUT2D eigenvalue weighted by molar-refractivity contribution is -0.118. The largest absolute Gasteiger partial charge is 0.308 e. The number of aryl methyl sites for hydroxylation is 1. The molecular formula is C24H24FN3O2S. The van der Waals surface area contributed by atoms with Crippen LogP contribution in [-0.4, -0.2) is 30.4 Å². The van der Waals surface area contributed by atoms with E-state index in [1.165, 1.54) is 23.5 Å². The molecule has 2 aromatic carbocycles. The average Bonchev–Trinajstić information content (AvgIpc) is 3.27. The number of fused-ring (bicyclic) bond motifs is 1. The predicted molar refractivity (Wildman–Crippen MR) is 122 cm³/mol. The van der Waals surface area contributed by atoms with E-state index in [4.69, 9.17) is 0 Å². The Kier molecular flexibility index (Phi) is 6.13. The number of hydrogen-bond acceptors (Lipinski definition) is 4. The topological polar surface area (TPSA) is 53.5 Å². The fraction of sp³-hybridized carbons (Fsp3) is 0.292. The quantitative estimate of drug-likeness (QED) is 0.544. The van der Waals surface area contributed by atoms with E-state index in [2.05, 4.69) is 11.1 Å². The van der Waals surface area contributed by atoms with E-state index >= 15 is 0 Å². The van der Waals surface area contributed by atoms with Crippen LogP contribution in [0, 0.1) is 5.82 Å². The molecule has 0 atom stereocenters. The zero-order valence-corrected chi connectivity index (χ0v) is 18.4. The van der Waals surface area contributed by atoms with Crippen LogP contribution in [0.1, 0.15) is 42.1 Å². The highest BCUT2D eigenvalue weighted by Crippen LogP contribution is 2.34. The third kappa shape index (κ3) is 4.37. The first-order chi connectivity index (χ1) is 15.0.